The minimum atomic E-state index is -0.437. The van der Waals surface area contributed by atoms with E-state index >= 15 is 0 Å². The first kappa shape index (κ1) is 13.2. The average Bonchev–Trinajstić information content (AvgIpc) is 2.17. The van der Waals surface area contributed by atoms with Crippen LogP contribution in [0.1, 0.15) is 33.6 Å². The number of urea groups is 1. The van der Waals surface area contributed by atoms with Crippen molar-refractivity contribution in [1.82, 2.24) is 10.6 Å². The maximum atomic E-state index is 11.0. The van der Waals surface area contributed by atoms with Crippen LogP contribution in [0, 0.1) is 5.92 Å². The van der Waals surface area contributed by atoms with E-state index < -0.39 is 6.10 Å². The fraction of sp³-hybridized carbons (Fsp3) is 0.900. The number of rotatable bonds is 6. The van der Waals surface area contributed by atoms with Gasteiger partial charge in [0.1, 0.15) is 0 Å². The molecule has 4 nitrogen and oxygen atoms in total. The summed E-state index contributed by atoms with van der Waals surface area (Å²) in [6.45, 7) is 6.88. The van der Waals surface area contributed by atoms with Crippen LogP contribution in [0.5, 0.6) is 0 Å². The molecule has 0 saturated carbocycles. The molecule has 0 aliphatic rings. The minimum Gasteiger partial charge on any atom is -0.391 e. The van der Waals surface area contributed by atoms with Crippen LogP contribution in [0.3, 0.4) is 0 Å². The third-order valence-corrected chi connectivity index (χ3v) is 2.40. The van der Waals surface area contributed by atoms with Crippen LogP contribution in [-0.4, -0.2) is 30.3 Å². The van der Waals surface area contributed by atoms with Gasteiger partial charge in [-0.1, -0.05) is 26.7 Å². The lowest BCUT2D eigenvalue weighted by Crippen LogP contribution is -2.41. The van der Waals surface area contributed by atoms with E-state index in [1.807, 2.05) is 20.8 Å². The molecule has 1 atom stereocenters. The standard InChI is InChI=1S/C10H22N2O2/c1-4-8(5-2)9(13)7-12-10(14)11-6-3/h8-9,13H,4-7H2,1-3H3,(H2,11,12,14). The molecule has 0 heterocycles. The second-order valence-electron chi connectivity index (χ2n) is 3.38. The van der Waals surface area contributed by atoms with Crippen molar-refractivity contribution in [3.8, 4) is 0 Å². The Bertz CT molecular complexity index is 158. The molecule has 0 rings (SSSR count). The number of carbonyl (C=O) groups excluding carboxylic acids is 1. The van der Waals surface area contributed by atoms with Crippen LogP contribution in [0.2, 0.25) is 0 Å². The van der Waals surface area contributed by atoms with E-state index in [0.29, 0.717) is 13.1 Å². The van der Waals surface area contributed by atoms with Crippen molar-refractivity contribution >= 4 is 6.03 Å². The van der Waals surface area contributed by atoms with Crippen LogP contribution in [-0.2, 0) is 0 Å². The molecule has 0 fully saturated rings. The lowest BCUT2D eigenvalue weighted by Gasteiger charge is -2.20. The van der Waals surface area contributed by atoms with Gasteiger partial charge in [0.15, 0.2) is 0 Å². The zero-order chi connectivity index (χ0) is 11.0. The van der Waals surface area contributed by atoms with Gasteiger partial charge in [-0.15, -0.1) is 0 Å². The molecule has 0 aliphatic carbocycles. The summed E-state index contributed by atoms with van der Waals surface area (Å²) in [5.41, 5.74) is 0. The number of aliphatic hydroxyl groups excluding tert-OH is 1. The Morgan fingerprint density at radius 3 is 2.21 bits per heavy atom. The molecule has 0 aromatic rings. The van der Waals surface area contributed by atoms with Crippen LogP contribution >= 0.6 is 0 Å². The second kappa shape index (κ2) is 7.62. The van der Waals surface area contributed by atoms with Crippen molar-refractivity contribution in [2.45, 2.75) is 39.7 Å². The first-order valence-corrected chi connectivity index (χ1v) is 5.35. The van der Waals surface area contributed by atoms with Gasteiger partial charge in [-0.2, -0.15) is 0 Å². The maximum Gasteiger partial charge on any atom is 0.314 e. The van der Waals surface area contributed by atoms with Gasteiger partial charge in [0.05, 0.1) is 6.10 Å². The summed E-state index contributed by atoms with van der Waals surface area (Å²) in [4.78, 5) is 11.0. The smallest absolute Gasteiger partial charge is 0.314 e. The van der Waals surface area contributed by atoms with E-state index in [2.05, 4.69) is 10.6 Å². The van der Waals surface area contributed by atoms with Crippen molar-refractivity contribution < 1.29 is 9.90 Å². The molecule has 84 valence electrons. The molecule has 0 aliphatic heterocycles. The van der Waals surface area contributed by atoms with E-state index in [0.717, 1.165) is 12.8 Å². The monoisotopic (exact) mass is 202 g/mol. The van der Waals surface area contributed by atoms with Crippen LogP contribution in [0.25, 0.3) is 0 Å². The average molecular weight is 202 g/mol. The highest BCUT2D eigenvalue weighted by Crippen LogP contribution is 2.11. The zero-order valence-electron chi connectivity index (χ0n) is 9.34. The molecular formula is C10H22N2O2. The lowest BCUT2D eigenvalue weighted by atomic mass is 9.97. The molecule has 0 radical (unpaired) electrons. The number of amides is 2. The fourth-order valence-corrected chi connectivity index (χ4v) is 1.42. The van der Waals surface area contributed by atoms with Crippen molar-refractivity contribution in [1.29, 1.82) is 0 Å². The Morgan fingerprint density at radius 1 is 1.21 bits per heavy atom. The largest absolute Gasteiger partial charge is 0.391 e. The summed E-state index contributed by atoms with van der Waals surface area (Å²) in [6.07, 6.45) is 1.44. The Hall–Kier alpha value is -0.770. The number of nitrogens with one attached hydrogen (secondary N) is 2. The molecule has 1 unspecified atom stereocenters. The zero-order valence-corrected chi connectivity index (χ0v) is 9.34. The van der Waals surface area contributed by atoms with Gasteiger partial charge in [0.2, 0.25) is 0 Å². The van der Waals surface area contributed by atoms with Crippen LogP contribution < -0.4 is 10.6 Å². The summed E-state index contributed by atoms with van der Waals surface area (Å²) >= 11 is 0. The predicted molar refractivity (Wildman–Crippen MR) is 57.2 cm³/mol. The molecule has 3 N–H and O–H groups in total. The Balaban J connectivity index is 3.71. The molecular weight excluding hydrogens is 180 g/mol. The first-order valence-electron chi connectivity index (χ1n) is 5.35. The van der Waals surface area contributed by atoms with Gasteiger partial charge in [-0.05, 0) is 12.8 Å². The lowest BCUT2D eigenvalue weighted by molar-refractivity contribution is 0.103. The highest BCUT2D eigenvalue weighted by molar-refractivity contribution is 5.73. The molecule has 0 saturated heterocycles. The van der Waals surface area contributed by atoms with Gasteiger partial charge >= 0.3 is 6.03 Å². The van der Waals surface area contributed by atoms with E-state index in [1.54, 1.807) is 0 Å². The molecule has 4 heteroatoms. The van der Waals surface area contributed by atoms with Crippen LogP contribution in [0.4, 0.5) is 4.79 Å². The summed E-state index contributed by atoms with van der Waals surface area (Å²) in [6, 6.07) is -0.211. The highest BCUT2D eigenvalue weighted by atomic mass is 16.3. The second-order valence-corrected chi connectivity index (χ2v) is 3.38. The predicted octanol–water partition coefficient (Wildman–Crippen LogP) is 1.10. The number of hydrogen-bond donors (Lipinski definition) is 3. The van der Waals surface area contributed by atoms with Crippen molar-refractivity contribution in [3.05, 3.63) is 0 Å². The van der Waals surface area contributed by atoms with Crippen molar-refractivity contribution in [2.24, 2.45) is 5.92 Å². The summed E-state index contributed by atoms with van der Waals surface area (Å²) in [7, 11) is 0. The topological polar surface area (TPSA) is 61.4 Å². The molecule has 0 bridgehead atoms. The first-order chi connectivity index (χ1) is 6.65. The maximum absolute atomic E-state index is 11.0. The highest BCUT2D eigenvalue weighted by Gasteiger charge is 2.15. The van der Waals surface area contributed by atoms with Gasteiger partial charge in [0.25, 0.3) is 0 Å². The normalized spacial score (nSPS) is 12.6. The fourth-order valence-electron chi connectivity index (χ4n) is 1.42. The minimum absolute atomic E-state index is 0.211. The van der Waals surface area contributed by atoms with E-state index in [4.69, 9.17) is 0 Å². The molecule has 0 aromatic heterocycles. The van der Waals surface area contributed by atoms with Gasteiger partial charge < -0.3 is 15.7 Å². The van der Waals surface area contributed by atoms with Gasteiger partial charge in [0, 0.05) is 13.1 Å². The van der Waals surface area contributed by atoms with Gasteiger partial charge in [-0.3, -0.25) is 0 Å². The van der Waals surface area contributed by atoms with E-state index in [9.17, 15) is 9.90 Å². The third kappa shape index (κ3) is 5.07. The number of carbonyl (C=O) groups is 1. The quantitative estimate of drug-likeness (QED) is 0.604. The Kier molecular flexibility index (Phi) is 7.20. The van der Waals surface area contributed by atoms with E-state index in [-0.39, 0.29) is 11.9 Å². The number of aliphatic hydroxyl groups is 1. The molecule has 2 amide bonds. The van der Waals surface area contributed by atoms with E-state index in [1.165, 1.54) is 0 Å². The third-order valence-electron chi connectivity index (χ3n) is 2.40. The Morgan fingerprint density at radius 2 is 1.79 bits per heavy atom. The molecule has 0 aromatic carbocycles. The Labute approximate surface area is 86.1 Å². The summed E-state index contributed by atoms with van der Waals surface area (Å²) < 4.78 is 0. The summed E-state index contributed by atoms with van der Waals surface area (Å²) in [5, 5.41) is 14.9. The van der Waals surface area contributed by atoms with Crippen LogP contribution in [0.15, 0.2) is 0 Å². The number of hydrogen-bond acceptors (Lipinski definition) is 2. The SMILES string of the molecule is CCNC(=O)NCC(O)C(CC)CC. The van der Waals surface area contributed by atoms with Crippen molar-refractivity contribution in [2.75, 3.05) is 13.1 Å². The molecule has 14 heavy (non-hydrogen) atoms. The van der Waals surface area contributed by atoms with Gasteiger partial charge in [-0.25, -0.2) is 4.79 Å². The molecule has 0 spiro atoms. The summed E-state index contributed by atoms with van der Waals surface area (Å²) in [5.74, 6) is 0.275. The van der Waals surface area contributed by atoms with Crippen molar-refractivity contribution in [3.63, 3.8) is 0 Å².